The van der Waals surface area contributed by atoms with Gasteiger partial charge in [0.2, 0.25) is 0 Å². The first-order valence-corrected chi connectivity index (χ1v) is 17.6. The molecule has 244 valence electrons. The van der Waals surface area contributed by atoms with Crippen molar-refractivity contribution in [2.24, 2.45) is 29.5 Å². The second kappa shape index (κ2) is 12.1. The average Bonchev–Trinajstić information content (AvgIpc) is 3.92. The molecule has 0 bridgehead atoms. The van der Waals surface area contributed by atoms with Crippen molar-refractivity contribution in [3.05, 3.63) is 107 Å². The third-order valence-corrected chi connectivity index (χ3v) is 11.4. The molecule has 0 amide bonds. The number of aromatic nitrogens is 4. The Labute approximate surface area is 278 Å². The van der Waals surface area contributed by atoms with Gasteiger partial charge in [0.15, 0.2) is 11.8 Å². The molecule has 8 rings (SSSR count). The van der Waals surface area contributed by atoms with Crippen molar-refractivity contribution in [2.75, 3.05) is 0 Å². The van der Waals surface area contributed by atoms with Crippen molar-refractivity contribution in [3.63, 3.8) is 0 Å². The third kappa shape index (κ3) is 5.30. The molecule has 4 aliphatic rings. The van der Waals surface area contributed by atoms with Crippen molar-refractivity contribution in [3.8, 4) is 0 Å². The molecule has 8 heteroatoms. The van der Waals surface area contributed by atoms with Crippen LogP contribution in [0, 0.1) is 19.3 Å². The van der Waals surface area contributed by atoms with Crippen LogP contribution < -0.4 is 9.13 Å². The number of nitrogens with zero attached hydrogens (tertiary/aromatic N) is 6. The van der Waals surface area contributed by atoms with E-state index in [1.165, 1.54) is 33.9 Å². The van der Waals surface area contributed by atoms with Crippen LogP contribution >= 0.6 is 0 Å². The van der Waals surface area contributed by atoms with E-state index in [-0.39, 0.29) is 24.3 Å². The molecule has 0 radical (unpaired) electrons. The first-order chi connectivity index (χ1) is 22.9. The minimum Gasteiger partial charge on any atom is -0.474 e. The highest BCUT2D eigenvalue weighted by molar-refractivity contribution is 6.06. The lowest BCUT2D eigenvalue weighted by molar-refractivity contribution is -0.677. The van der Waals surface area contributed by atoms with Gasteiger partial charge in [0.1, 0.15) is 54.5 Å². The summed E-state index contributed by atoms with van der Waals surface area (Å²) >= 11 is 0. The summed E-state index contributed by atoms with van der Waals surface area (Å²) in [5, 5.41) is 0. The minimum absolute atomic E-state index is 0.0489. The number of hydrogen-bond acceptors (Lipinski definition) is 4. The quantitative estimate of drug-likeness (QED) is 0.147. The maximum absolute atomic E-state index is 6.99. The summed E-state index contributed by atoms with van der Waals surface area (Å²) in [7, 11) is 4.22. The zero-order valence-corrected chi connectivity index (χ0v) is 28.3. The van der Waals surface area contributed by atoms with E-state index in [4.69, 9.17) is 19.5 Å². The normalized spacial score (nSPS) is 22.3. The molecular formula is C39H48N6O2+2. The monoisotopic (exact) mass is 632 g/mol. The Morgan fingerprint density at radius 2 is 1.13 bits per heavy atom. The van der Waals surface area contributed by atoms with Gasteiger partial charge in [-0.15, -0.1) is 0 Å². The van der Waals surface area contributed by atoms with Gasteiger partial charge in [0.05, 0.1) is 27.2 Å². The molecule has 0 N–H and O–H groups in total. The van der Waals surface area contributed by atoms with Gasteiger partial charge in [-0.1, -0.05) is 48.5 Å². The molecule has 8 nitrogen and oxygen atoms in total. The Balaban J connectivity index is 1.12. The summed E-state index contributed by atoms with van der Waals surface area (Å²) in [5.74, 6) is 4.27. The molecule has 4 aromatic rings. The Hall–Kier alpha value is -4.20. The van der Waals surface area contributed by atoms with E-state index < -0.39 is 5.41 Å². The van der Waals surface area contributed by atoms with Crippen LogP contribution in [0.15, 0.2) is 83.3 Å². The first kappa shape index (κ1) is 30.2. The smallest absolute Gasteiger partial charge is 0.253 e. The fourth-order valence-electron chi connectivity index (χ4n) is 8.40. The highest BCUT2D eigenvalue weighted by Crippen LogP contribution is 2.50. The van der Waals surface area contributed by atoms with Gasteiger partial charge in [0.25, 0.3) is 11.6 Å². The largest absolute Gasteiger partial charge is 0.474 e. The SMILES string of the molecule is Cc1n(CCCCC(CCCCn2cc[n+](C)c2C)(C2=N[C@H]3c4ccccc4C[C@H]3O2)C2=N[C@H]3c4ccccc4C[C@H]3O2)cc[n+]1C. The lowest BCUT2D eigenvalue weighted by atomic mass is 9.77. The maximum Gasteiger partial charge on any atom is 0.253 e. The molecule has 0 unspecified atom stereocenters. The first-order valence-electron chi connectivity index (χ1n) is 17.6. The maximum atomic E-state index is 6.99. The standard InChI is InChI=1S/C39H48N6O2/c1-27-42(3)21-23-44(27)19-11-9-17-39(18-10-12-20-45-24-22-43(4)28(45)2,37-40-35-31-15-7-5-13-29(31)25-33(35)46-37)38-41-36-32-16-8-6-14-30(32)26-34(36)47-38/h5-8,13-16,21-24,33-36H,9-12,17-20,25-26H2,1-4H3/q+2/t33-,34-,35+,36+/m1/s1. The van der Waals surface area contributed by atoms with E-state index in [1.807, 2.05) is 0 Å². The molecular weight excluding hydrogens is 584 g/mol. The van der Waals surface area contributed by atoms with E-state index >= 15 is 0 Å². The summed E-state index contributed by atoms with van der Waals surface area (Å²) in [6, 6.07) is 17.6. The number of imidazole rings is 2. The van der Waals surface area contributed by atoms with Gasteiger partial charge >= 0.3 is 0 Å². The van der Waals surface area contributed by atoms with Crippen LogP contribution in [0.1, 0.15) is 84.5 Å². The molecule has 47 heavy (non-hydrogen) atoms. The number of fused-ring (bicyclic) bond motifs is 6. The number of aliphatic imine (C=N–C) groups is 2. The van der Waals surface area contributed by atoms with Gasteiger partial charge in [-0.05, 0) is 60.8 Å². The fourth-order valence-corrected chi connectivity index (χ4v) is 8.40. The molecule has 0 saturated carbocycles. The van der Waals surface area contributed by atoms with Crippen LogP contribution in [0.25, 0.3) is 0 Å². The molecule has 2 aliphatic heterocycles. The number of aryl methyl sites for hydroxylation is 4. The predicted octanol–water partition coefficient (Wildman–Crippen LogP) is 5.77. The molecule has 0 saturated heterocycles. The summed E-state index contributed by atoms with van der Waals surface area (Å²) < 4.78 is 23.1. The number of unbranched alkanes of at least 4 members (excludes halogenated alkanes) is 2. The molecule has 2 aliphatic carbocycles. The van der Waals surface area contributed by atoms with Crippen molar-refractivity contribution >= 4 is 11.8 Å². The number of ether oxygens (including phenoxy) is 2. The minimum atomic E-state index is -0.481. The number of rotatable bonds is 12. The highest BCUT2D eigenvalue weighted by Gasteiger charge is 2.54. The fraction of sp³-hybridized carbons (Fsp3) is 0.487. The van der Waals surface area contributed by atoms with Gasteiger partial charge < -0.3 is 9.47 Å². The van der Waals surface area contributed by atoms with Crippen LogP contribution in [0.2, 0.25) is 0 Å². The van der Waals surface area contributed by atoms with Crippen LogP contribution in [0.5, 0.6) is 0 Å². The van der Waals surface area contributed by atoms with Crippen LogP contribution in [0.4, 0.5) is 0 Å². The molecule has 4 atom stereocenters. The lowest BCUT2D eigenvalue weighted by Crippen LogP contribution is -2.42. The number of hydrogen-bond donors (Lipinski definition) is 0. The van der Waals surface area contributed by atoms with Crippen LogP contribution in [-0.4, -0.2) is 33.1 Å². The van der Waals surface area contributed by atoms with Gasteiger partial charge in [-0.25, -0.2) is 28.3 Å². The summed E-state index contributed by atoms with van der Waals surface area (Å²) in [4.78, 5) is 10.9. The van der Waals surface area contributed by atoms with Gasteiger partial charge in [-0.2, -0.15) is 0 Å². The molecule has 2 aromatic carbocycles. The van der Waals surface area contributed by atoms with Crippen molar-refractivity contribution < 1.29 is 18.6 Å². The summed E-state index contributed by atoms with van der Waals surface area (Å²) in [6.07, 6.45) is 16.6. The van der Waals surface area contributed by atoms with Crippen molar-refractivity contribution in [1.29, 1.82) is 0 Å². The molecule has 4 heterocycles. The summed E-state index contributed by atoms with van der Waals surface area (Å²) in [5.41, 5.74) is 4.87. The zero-order chi connectivity index (χ0) is 32.1. The second-order valence-electron chi connectivity index (χ2n) is 14.2. The predicted molar refractivity (Wildman–Crippen MR) is 181 cm³/mol. The topological polar surface area (TPSA) is 60.8 Å². The number of benzene rings is 2. The van der Waals surface area contributed by atoms with E-state index in [9.17, 15) is 0 Å². The van der Waals surface area contributed by atoms with Gasteiger partial charge in [0, 0.05) is 26.7 Å². The Kier molecular flexibility index (Phi) is 7.77. The molecule has 0 fully saturated rings. The Morgan fingerprint density at radius 3 is 1.55 bits per heavy atom. The van der Waals surface area contributed by atoms with Crippen LogP contribution in [-0.2, 0) is 49.5 Å². The van der Waals surface area contributed by atoms with Crippen LogP contribution in [0.3, 0.4) is 0 Å². The summed E-state index contributed by atoms with van der Waals surface area (Å²) in [6.45, 7) is 6.35. The lowest BCUT2D eigenvalue weighted by Gasteiger charge is -2.33. The second-order valence-corrected chi connectivity index (χ2v) is 14.2. The Bertz CT molecular complexity index is 1720. The molecule has 0 spiro atoms. The van der Waals surface area contributed by atoms with E-state index in [0.29, 0.717) is 0 Å². The average molecular weight is 633 g/mol. The van der Waals surface area contributed by atoms with Crippen molar-refractivity contribution in [2.45, 2.75) is 103 Å². The highest BCUT2D eigenvalue weighted by atomic mass is 16.5. The van der Waals surface area contributed by atoms with E-state index in [1.54, 1.807) is 0 Å². The van der Waals surface area contributed by atoms with E-state index in [2.05, 4.69) is 120 Å². The van der Waals surface area contributed by atoms with Gasteiger partial charge in [-0.3, -0.25) is 0 Å². The zero-order valence-electron chi connectivity index (χ0n) is 28.3. The molecule has 2 aromatic heterocycles. The third-order valence-electron chi connectivity index (χ3n) is 11.4. The Morgan fingerprint density at radius 1 is 0.681 bits per heavy atom. The van der Waals surface area contributed by atoms with E-state index in [0.717, 1.165) is 76.3 Å². The van der Waals surface area contributed by atoms with Crippen molar-refractivity contribution in [1.82, 2.24) is 9.13 Å².